The molecule has 114 valence electrons. The van der Waals surface area contributed by atoms with Crippen molar-refractivity contribution in [2.45, 2.75) is 38.6 Å². The van der Waals surface area contributed by atoms with Gasteiger partial charge in [0.25, 0.3) is 0 Å². The zero-order valence-electron chi connectivity index (χ0n) is 12.8. The Bertz CT molecular complexity index is 590. The van der Waals surface area contributed by atoms with Gasteiger partial charge in [-0.15, -0.1) is 0 Å². The fourth-order valence-corrected chi connectivity index (χ4v) is 2.60. The highest BCUT2D eigenvalue weighted by Crippen LogP contribution is 2.21. The molecule has 1 fully saturated rings. The van der Waals surface area contributed by atoms with E-state index >= 15 is 0 Å². The number of piperidine rings is 1. The van der Waals surface area contributed by atoms with Crippen LogP contribution in [0.3, 0.4) is 0 Å². The van der Waals surface area contributed by atoms with Gasteiger partial charge < -0.3 is 14.7 Å². The Labute approximate surface area is 124 Å². The maximum Gasteiger partial charge on any atom is 0.321 e. The summed E-state index contributed by atoms with van der Waals surface area (Å²) < 4.78 is 7.10. The number of nitrogens with zero attached hydrogens (tertiary/aromatic N) is 5. The number of aryl methyl sites for hydroxylation is 1. The smallest absolute Gasteiger partial charge is 0.321 e. The third kappa shape index (κ3) is 3.17. The fraction of sp³-hybridized carbons (Fsp3) is 0.643. The molecular weight excluding hydrogens is 268 g/mol. The first kappa shape index (κ1) is 13.9. The Morgan fingerprint density at radius 2 is 2.29 bits per heavy atom. The van der Waals surface area contributed by atoms with Crippen LogP contribution < -0.4 is 10.2 Å². The van der Waals surface area contributed by atoms with E-state index in [-0.39, 0.29) is 5.92 Å². The van der Waals surface area contributed by atoms with Crippen molar-refractivity contribution in [3.63, 3.8) is 0 Å². The van der Waals surface area contributed by atoms with Crippen LogP contribution in [0.2, 0.25) is 0 Å². The van der Waals surface area contributed by atoms with Crippen LogP contribution in [-0.2, 0) is 7.05 Å². The molecule has 7 nitrogen and oxygen atoms in total. The summed E-state index contributed by atoms with van der Waals surface area (Å²) in [5.41, 5.74) is 1.16. The number of hydrogen-bond acceptors (Lipinski definition) is 6. The molecule has 1 atom stereocenters. The lowest BCUT2D eigenvalue weighted by Crippen LogP contribution is -2.42. The minimum absolute atomic E-state index is 0.280. The zero-order valence-corrected chi connectivity index (χ0v) is 12.8. The van der Waals surface area contributed by atoms with E-state index in [1.807, 2.05) is 24.1 Å². The van der Waals surface area contributed by atoms with Crippen LogP contribution in [0.15, 0.2) is 16.9 Å². The van der Waals surface area contributed by atoms with Crippen molar-refractivity contribution in [2.75, 3.05) is 23.3 Å². The Balaban J connectivity index is 1.63. The van der Waals surface area contributed by atoms with E-state index in [1.165, 1.54) is 0 Å². The maximum atomic E-state index is 5.27. The van der Waals surface area contributed by atoms with Crippen LogP contribution in [-0.4, -0.2) is 39.1 Å². The Morgan fingerprint density at radius 3 is 2.95 bits per heavy atom. The monoisotopic (exact) mass is 290 g/mol. The van der Waals surface area contributed by atoms with E-state index < -0.39 is 0 Å². The first-order valence-electron chi connectivity index (χ1n) is 7.45. The second-order valence-corrected chi connectivity index (χ2v) is 5.91. The van der Waals surface area contributed by atoms with Gasteiger partial charge in [-0.2, -0.15) is 10.1 Å². The molecule has 1 N–H and O–H groups in total. The summed E-state index contributed by atoms with van der Waals surface area (Å²) >= 11 is 0. The highest BCUT2D eigenvalue weighted by atomic mass is 16.5. The second kappa shape index (κ2) is 5.75. The van der Waals surface area contributed by atoms with E-state index in [1.54, 1.807) is 0 Å². The molecule has 0 radical (unpaired) electrons. The predicted octanol–water partition coefficient (Wildman–Crippen LogP) is 2.01. The Hall–Kier alpha value is -2.05. The van der Waals surface area contributed by atoms with Gasteiger partial charge in [0.2, 0.25) is 0 Å². The topological polar surface area (TPSA) is 72.0 Å². The molecule has 1 aliphatic rings. The Morgan fingerprint density at radius 1 is 1.43 bits per heavy atom. The van der Waals surface area contributed by atoms with E-state index in [0.29, 0.717) is 12.1 Å². The predicted molar refractivity (Wildman–Crippen MR) is 80.5 cm³/mol. The van der Waals surface area contributed by atoms with Crippen LogP contribution in [0.5, 0.6) is 0 Å². The molecule has 1 saturated heterocycles. The van der Waals surface area contributed by atoms with Crippen molar-refractivity contribution in [2.24, 2.45) is 7.05 Å². The van der Waals surface area contributed by atoms with Crippen molar-refractivity contribution < 1.29 is 4.52 Å². The largest absolute Gasteiger partial charge is 0.367 e. The molecule has 2 aromatic rings. The summed E-state index contributed by atoms with van der Waals surface area (Å²) in [7, 11) is 1.94. The molecule has 2 aromatic heterocycles. The van der Waals surface area contributed by atoms with Crippen molar-refractivity contribution >= 4 is 11.7 Å². The molecule has 0 spiro atoms. The first-order chi connectivity index (χ1) is 10.1. The maximum absolute atomic E-state index is 5.27. The molecule has 0 aliphatic carbocycles. The molecule has 1 aliphatic heterocycles. The third-order valence-corrected chi connectivity index (χ3v) is 3.76. The summed E-state index contributed by atoms with van der Waals surface area (Å²) in [5.74, 6) is 1.03. The second-order valence-electron chi connectivity index (χ2n) is 5.91. The third-order valence-electron chi connectivity index (χ3n) is 3.76. The SMILES string of the molecule is CC(C)c1noc(NC2CCCN(c3cnn(C)c3)C2)n1. The molecule has 0 aromatic carbocycles. The zero-order chi connectivity index (χ0) is 14.8. The minimum atomic E-state index is 0.280. The fourth-order valence-electron chi connectivity index (χ4n) is 2.60. The first-order valence-corrected chi connectivity index (χ1v) is 7.45. The summed E-state index contributed by atoms with van der Waals surface area (Å²) in [5, 5.41) is 11.6. The average molecular weight is 290 g/mol. The summed E-state index contributed by atoms with van der Waals surface area (Å²) in [6.07, 6.45) is 6.20. The van der Waals surface area contributed by atoms with Gasteiger partial charge in [-0.25, -0.2) is 0 Å². The van der Waals surface area contributed by atoms with Crippen LogP contribution in [0.25, 0.3) is 0 Å². The number of anilines is 2. The van der Waals surface area contributed by atoms with Crippen LogP contribution in [0.4, 0.5) is 11.7 Å². The van der Waals surface area contributed by atoms with Crippen molar-refractivity contribution in [1.29, 1.82) is 0 Å². The standard InChI is InChI=1S/C14H22N6O/c1-10(2)13-17-14(21-18-13)16-11-5-4-6-20(8-11)12-7-15-19(3)9-12/h7,9-11H,4-6,8H2,1-3H3,(H,16,17,18). The molecule has 3 rings (SSSR count). The number of hydrogen-bond donors (Lipinski definition) is 1. The van der Waals surface area contributed by atoms with Gasteiger partial charge in [0, 0.05) is 38.3 Å². The van der Waals surface area contributed by atoms with Crippen molar-refractivity contribution in [3.8, 4) is 0 Å². The summed E-state index contributed by atoms with van der Waals surface area (Å²) in [4.78, 5) is 6.72. The number of nitrogens with one attached hydrogen (secondary N) is 1. The highest BCUT2D eigenvalue weighted by molar-refractivity contribution is 5.43. The Kier molecular flexibility index (Phi) is 3.81. The number of aromatic nitrogens is 4. The lowest BCUT2D eigenvalue weighted by molar-refractivity contribution is 0.409. The van der Waals surface area contributed by atoms with Crippen molar-refractivity contribution in [1.82, 2.24) is 19.9 Å². The van der Waals surface area contributed by atoms with Gasteiger partial charge in [0.05, 0.1) is 11.9 Å². The molecule has 7 heteroatoms. The molecule has 3 heterocycles. The van der Waals surface area contributed by atoms with E-state index in [9.17, 15) is 0 Å². The van der Waals surface area contributed by atoms with E-state index in [0.717, 1.165) is 37.4 Å². The van der Waals surface area contributed by atoms with Crippen LogP contribution in [0, 0.1) is 0 Å². The van der Waals surface area contributed by atoms with Gasteiger partial charge in [-0.1, -0.05) is 19.0 Å². The lowest BCUT2D eigenvalue weighted by atomic mass is 10.1. The van der Waals surface area contributed by atoms with Gasteiger partial charge in [-0.3, -0.25) is 4.68 Å². The van der Waals surface area contributed by atoms with Crippen LogP contribution in [0.1, 0.15) is 38.4 Å². The molecule has 0 bridgehead atoms. The van der Waals surface area contributed by atoms with Crippen LogP contribution >= 0.6 is 0 Å². The minimum Gasteiger partial charge on any atom is -0.367 e. The molecule has 1 unspecified atom stereocenters. The van der Waals surface area contributed by atoms with Gasteiger partial charge in [-0.05, 0) is 12.8 Å². The summed E-state index contributed by atoms with van der Waals surface area (Å²) in [6.45, 7) is 6.09. The summed E-state index contributed by atoms with van der Waals surface area (Å²) in [6, 6.07) is 0.844. The van der Waals surface area contributed by atoms with Crippen molar-refractivity contribution in [3.05, 3.63) is 18.2 Å². The normalized spacial score (nSPS) is 19.2. The highest BCUT2D eigenvalue weighted by Gasteiger charge is 2.22. The molecular formula is C14H22N6O. The average Bonchev–Trinajstić information content (AvgIpc) is 3.08. The number of rotatable bonds is 4. The quantitative estimate of drug-likeness (QED) is 0.928. The van der Waals surface area contributed by atoms with E-state index in [4.69, 9.17) is 4.52 Å². The molecule has 0 amide bonds. The van der Waals surface area contributed by atoms with E-state index in [2.05, 4.69) is 39.3 Å². The van der Waals surface area contributed by atoms with Gasteiger partial charge >= 0.3 is 6.01 Å². The molecule has 0 saturated carbocycles. The van der Waals surface area contributed by atoms with Gasteiger partial charge in [0.1, 0.15) is 0 Å². The molecule has 21 heavy (non-hydrogen) atoms. The lowest BCUT2D eigenvalue weighted by Gasteiger charge is -2.33. The van der Waals surface area contributed by atoms with Gasteiger partial charge in [0.15, 0.2) is 5.82 Å².